The molecule has 2 aliphatic rings. The standard InChI is InChI=1S/C25H25N5O/c1-17-16-29(20-7-4-18(15-26)5-8-20)11-12-30(17)21-9-6-19(13-21)23-14-24-22(25(31)28-23)3-2-10-27-24/h2-5,7-8,10,13-14,17,21H,6,9,11-12,16H2,1H3,(H,28,31)/t17-,21?/m1/s1. The number of nitrogens with one attached hydrogen (secondary N) is 1. The van der Waals surface area contributed by atoms with Crippen molar-refractivity contribution < 1.29 is 0 Å². The van der Waals surface area contributed by atoms with E-state index in [2.05, 4.69) is 38.8 Å². The monoisotopic (exact) mass is 411 g/mol. The van der Waals surface area contributed by atoms with Crippen LogP contribution in [0.3, 0.4) is 0 Å². The van der Waals surface area contributed by atoms with Crippen LogP contribution in [0.4, 0.5) is 5.69 Å². The zero-order chi connectivity index (χ0) is 21.4. The number of aromatic amines is 1. The van der Waals surface area contributed by atoms with Crippen LogP contribution in [0.25, 0.3) is 16.5 Å². The molecule has 1 N–H and O–H groups in total. The molecule has 0 saturated carbocycles. The third-order valence-corrected chi connectivity index (χ3v) is 6.53. The number of hydrogen-bond acceptors (Lipinski definition) is 5. The topological polar surface area (TPSA) is 76.0 Å². The molecule has 1 saturated heterocycles. The van der Waals surface area contributed by atoms with Crippen LogP contribution in [0, 0.1) is 11.3 Å². The van der Waals surface area contributed by atoms with Crippen molar-refractivity contribution in [3.63, 3.8) is 0 Å². The van der Waals surface area contributed by atoms with Crippen molar-refractivity contribution in [2.24, 2.45) is 0 Å². The van der Waals surface area contributed by atoms with Gasteiger partial charge in [-0.25, -0.2) is 0 Å². The number of nitrogens with zero attached hydrogens (tertiary/aromatic N) is 4. The van der Waals surface area contributed by atoms with Crippen molar-refractivity contribution in [3.8, 4) is 6.07 Å². The second-order valence-corrected chi connectivity index (χ2v) is 8.44. The number of piperazine rings is 1. The molecule has 1 aromatic carbocycles. The van der Waals surface area contributed by atoms with Gasteiger partial charge in [0.05, 0.1) is 22.5 Å². The van der Waals surface area contributed by atoms with E-state index in [-0.39, 0.29) is 5.56 Å². The second kappa shape index (κ2) is 8.01. The Morgan fingerprint density at radius 3 is 2.81 bits per heavy atom. The Hall–Kier alpha value is -3.43. The Balaban J connectivity index is 1.32. The van der Waals surface area contributed by atoms with Gasteiger partial charge in [0.15, 0.2) is 0 Å². The molecule has 1 fully saturated rings. The third kappa shape index (κ3) is 3.73. The summed E-state index contributed by atoms with van der Waals surface area (Å²) in [5.41, 5.74) is 4.64. The van der Waals surface area contributed by atoms with Gasteiger partial charge in [-0.3, -0.25) is 14.7 Å². The van der Waals surface area contributed by atoms with Crippen LogP contribution < -0.4 is 10.5 Å². The van der Waals surface area contributed by atoms with Gasteiger partial charge < -0.3 is 9.88 Å². The molecule has 3 heterocycles. The van der Waals surface area contributed by atoms with Crippen molar-refractivity contribution in [2.45, 2.75) is 31.8 Å². The fourth-order valence-electron chi connectivity index (χ4n) is 4.89. The summed E-state index contributed by atoms with van der Waals surface area (Å²) in [6.07, 6.45) is 6.08. The van der Waals surface area contributed by atoms with Gasteiger partial charge in [-0.1, -0.05) is 6.08 Å². The van der Waals surface area contributed by atoms with E-state index < -0.39 is 0 Å². The van der Waals surface area contributed by atoms with Crippen LogP contribution in [0.1, 0.15) is 31.0 Å². The number of hydrogen-bond donors (Lipinski definition) is 1. The lowest BCUT2D eigenvalue weighted by molar-refractivity contribution is 0.153. The van der Waals surface area contributed by atoms with Gasteiger partial charge in [-0.2, -0.15) is 5.26 Å². The molecule has 1 unspecified atom stereocenters. The summed E-state index contributed by atoms with van der Waals surface area (Å²) in [7, 11) is 0. The number of rotatable bonds is 3. The van der Waals surface area contributed by atoms with E-state index in [0.29, 0.717) is 23.0 Å². The number of benzene rings is 1. The van der Waals surface area contributed by atoms with Gasteiger partial charge in [0, 0.05) is 49.3 Å². The van der Waals surface area contributed by atoms with E-state index in [0.717, 1.165) is 43.7 Å². The van der Waals surface area contributed by atoms with E-state index in [1.807, 2.05) is 36.4 Å². The summed E-state index contributed by atoms with van der Waals surface area (Å²) < 4.78 is 0. The van der Waals surface area contributed by atoms with Crippen LogP contribution in [-0.4, -0.2) is 46.6 Å². The number of pyridine rings is 2. The van der Waals surface area contributed by atoms with Crippen molar-refractivity contribution in [2.75, 3.05) is 24.5 Å². The largest absolute Gasteiger partial charge is 0.369 e. The van der Waals surface area contributed by atoms with Crippen molar-refractivity contribution in [3.05, 3.63) is 76.3 Å². The molecule has 31 heavy (non-hydrogen) atoms. The Kier molecular flexibility index (Phi) is 5.05. The highest BCUT2D eigenvalue weighted by molar-refractivity contribution is 5.81. The molecule has 3 aromatic rings. The Labute approximate surface area is 181 Å². The summed E-state index contributed by atoms with van der Waals surface area (Å²) in [5.74, 6) is 0. The molecule has 1 aliphatic carbocycles. The van der Waals surface area contributed by atoms with E-state index >= 15 is 0 Å². The minimum absolute atomic E-state index is 0.0747. The lowest BCUT2D eigenvalue weighted by atomic mass is 10.1. The predicted molar refractivity (Wildman–Crippen MR) is 123 cm³/mol. The Bertz CT molecular complexity index is 1240. The van der Waals surface area contributed by atoms with E-state index in [1.54, 1.807) is 12.3 Å². The maximum absolute atomic E-state index is 12.4. The summed E-state index contributed by atoms with van der Waals surface area (Å²) in [4.78, 5) is 24.8. The minimum atomic E-state index is -0.0747. The number of H-pyrrole nitrogens is 1. The molecule has 6 nitrogen and oxygen atoms in total. The summed E-state index contributed by atoms with van der Waals surface area (Å²) in [6.45, 7) is 5.20. The molecule has 0 bridgehead atoms. The first-order valence-electron chi connectivity index (χ1n) is 10.8. The predicted octanol–water partition coefficient (Wildman–Crippen LogP) is 3.55. The molecule has 0 radical (unpaired) electrons. The SMILES string of the molecule is C[C@@H]1CN(c2ccc(C#N)cc2)CCN1C1C=C(c2cc3ncccc3c(=O)[nH]2)CC1. The normalized spacial score (nSPS) is 21.8. The number of allylic oxidation sites excluding steroid dienone is 1. The second-order valence-electron chi connectivity index (χ2n) is 8.44. The molecule has 1 aliphatic heterocycles. The van der Waals surface area contributed by atoms with Crippen LogP contribution in [-0.2, 0) is 0 Å². The highest BCUT2D eigenvalue weighted by Crippen LogP contribution is 2.32. The van der Waals surface area contributed by atoms with Gasteiger partial charge in [-0.15, -0.1) is 0 Å². The zero-order valence-corrected chi connectivity index (χ0v) is 17.6. The molecular weight excluding hydrogens is 386 g/mol. The molecule has 6 heteroatoms. The van der Waals surface area contributed by atoms with E-state index in [9.17, 15) is 4.79 Å². The number of nitriles is 1. The van der Waals surface area contributed by atoms with Crippen molar-refractivity contribution in [1.82, 2.24) is 14.9 Å². The summed E-state index contributed by atoms with van der Waals surface area (Å²) in [5, 5.41) is 9.64. The first-order valence-corrected chi connectivity index (χ1v) is 10.8. The average Bonchev–Trinajstić information content (AvgIpc) is 3.29. The van der Waals surface area contributed by atoms with Gasteiger partial charge in [0.2, 0.25) is 0 Å². The first kappa shape index (κ1) is 19.5. The lowest BCUT2D eigenvalue weighted by Gasteiger charge is -2.43. The summed E-state index contributed by atoms with van der Waals surface area (Å²) >= 11 is 0. The van der Waals surface area contributed by atoms with Gasteiger partial charge in [-0.05, 0) is 67.8 Å². The fourth-order valence-corrected chi connectivity index (χ4v) is 4.89. The van der Waals surface area contributed by atoms with Crippen molar-refractivity contribution in [1.29, 1.82) is 5.26 Å². The maximum atomic E-state index is 12.4. The van der Waals surface area contributed by atoms with Gasteiger partial charge >= 0.3 is 0 Å². The molecule has 0 amide bonds. The Morgan fingerprint density at radius 1 is 1.19 bits per heavy atom. The zero-order valence-electron chi connectivity index (χ0n) is 17.6. The van der Waals surface area contributed by atoms with E-state index in [1.165, 1.54) is 11.3 Å². The molecule has 2 aromatic heterocycles. The average molecular weight is 412 g/mol. The number of anilines is 1. The fraction of sp³-hybridized carbons (Fsp3) is 0.320. The number of fused-ring (bicyclic) bond motifs is 1. The van der Waals surface area contributed by atoms with Crippen LogP contribution >= 0.6 is 0 Å². The number of aromatic nitrogens is 2. The highest BCUT2D eigenvalue weighted by Gasteiger charge is 2.31. The molecular formula is C25H25N5O. The highest BCUT2D eigenvalue weighted by atomic mass is 16.1. The molecule has 2 atom stereocenters. The smallest absolute Gasteiger partial charge is 0.257 e. The quantitative estimate of drug-likeness (QED) is 0.713. The van der Waals surface area contributed by atoms with Gasteiger partial charge in [0.25, 0.3) is 5.56 Å². The van der Waals surface area contributed by atoms with Crippen LogP contribution in [0.15, 0.2) is 59.5 Å². The van der Waals surface area contributed by atoms with Crippen LogP contribution in [0.5, 0.6) is 0 Å². The summed E-state index contributed by atoms with van der Waals surface area (Å²) in [6, 6.07) is 16.4. The maximum Gasteiger partial charge on any atom is 0.257 e. The molecule has 0 spiro atoms. The van der Waals surface area contributed by atoms with Crippen LogP contribution in [0.2, 0.25) is 0 Å². The lowest BCUT2D eigenvalue weighted by Crippen LogP contribution is -2.54. The van der Waals surface area contributed by atoms with Gasteiger partial charge in [0.1, 0.15) is 0 Å². The molecule has 156 valence electrons. The third-order valence-electron chi connectivity index (χ3n) is 6.53. The van der Waals surface area contributed by atoms with Crippen molar-refractivity contribution >= 4 is 22.2 Å². The van der Waals surface area contributed by atoms with E-state index in [4.69, 9.17) is 5.26 Å². The molecule has 5 rings (SSSR count). The Morgan fingerprint density at radius 2 is 2.03 bits per heavy atom. The first-order chi connectivity index (χ1) is 15.1. The minimum Gasteiger partial charge on any atom is -0.369 e.